The minimum absolute atomic E-state index is 0.0822. The number of imidazole rings is 2. The van der Waals surface area contributed by atoms with Gasteiger partial charge < -0.3 is 9.55 Å². The van der Waals surface area contributed by atoms with Gasteiger partial charge in [-0.3, -0.25) is 0 Å². The van der Waals surface area contributed by atoms with E-state index in [1.807, 2.05) is 31.5 Å². The van der Waals surface area contributed by atoms with Gasteiger partial charge in [-0.1, -0.05) is 67.1 Å². The zero-order valence-electron chi connectivity index (χ0n) is 16.6. The summed E-state index contributed by atoms with van der Waals surface area (Å²) in [7, 11) is 0. The second kappa shape index (κ2) is 9.14. The molecule has 0 spiro atoms. The molecule has 5 heteroatoms. The van der Waals surface area contributed by atoms with Crippen molar-refractivity contribution in [2.45, 2.75) is 38.0 Å². The van der Waals surface area contributed by atoms with E-state index in [1.54, 1.807) is 0 Å². The van der Waals surface area contributed by atoms with E-state index < -0.39 is 0 Å². The van der Waals surface area contributed by atoms with Crippen LogP contribution in [0.1, 0.15) is 36.2 Å². The van der Waals surface area contributed by atoms with Crippen LogP contribution in [0.2, 0.25) is 0 Å². The molecule has 0 bridgehead atoms. The van der Waals surface area contributed by atoms with Crippen molar-refractivity contribution in [1.29, 1.82) is 0 Å². The second-order valence-corrected chi connectivity index (χ2v) is 7.88. The first-order chi connectivity index (χ1) is 14.2. The van der Waals surface area contributed by atoms with Gasteiger partial charge in [-0.15, -0.1) is 0 Å². The van der Waals surface area contributed by atoms with Gasteiger partial charge in [-0.2, -0.15) is 12.6 Å². The Kier molecular flexibility index (Phi) is 6.15. The van der Waals surface area contributed by atoms with E-state index >= 15 is 0 Å². The van der Waals surface area contributed by atoms with Gasteiger partial charge in [0.2, 0.25) is 0 Å². The quantitative estimate of drug-likeness (QED) is 0.277. The number of hydrogen-bond donors (Lipinski definition) is 2. The molecule has 1 atom stereocenters. The van der Waals surface area contributed by atoms with E-state index in [9.17, 15) is 0 Å². The standard InChI is InChI=1S/C24H26N4S/c1-18-25-15-17-28(18)16-9-8-14-21(29)24-26-22(19-10-4-2-5-11-19)23(27-24)20-12-6-3-7-13-20/h2-7,10-13,15,17,21,29H,8-9,14,16H2,1H3,(H,26,27). The van der Waals surface area contributed by atoms with Crippen molar-refractivity contribution in [3.05, 3.63) is 84.7 Å². The number of nitrogens with zero attached hydrogens (tertiary/aromatic N) is 3. The van der Waals surface area contributed by atoms with Crippen LogP contribution in [0.15, 0.2) is 73.1 Å². The maximum absolute atomic E-state index is 4.95. The van der Waals surface area contributed by atoms with E-state index in [1.165, 1.54) is 0 Å². The largest absolute Gasteiger partial charge is 0.341 e. The fourth-order valence-electron chi connectivity index (χ4n) is 3.56. The summed E-state index contributed by atoms with van der Waals surface area (Å²) in [6.45, 7) is 3.04. The molecule has 4 nitrogen and oxygen atoms in total. The predicted octanol–water partition coefficient (Wildman–Crippen LogP) is 6.09. The number of benzene rings is 2. The molecule has 0 aliphatic heterocycles. The first kappa shape index (κ1) is 19.5. The lowest BCUT2D eigenvalue weighted by Gasteiger charge is -2.09. The summed E-state index contributed by atoms with van der Waals surface area (Å²) in [5.41, 5.74) is 4.30. The monoisotopic (exact) mass is 402 g/mol. The van der Waals surface area contributed by atoms with E-state index in [4.69, 9.17) is 17.6 Å². The topological polar surface area (TPSA) is 46.5 Å². The van der Waals surface area contributed by atoms with Gasteiger partial charge in [0, 0.05) is 30.1 Å². The molecule has 4 aromatic rings. The van der Waals surface area contributed by atoms with Crippen molar-refractivity contribution >= 4 is 12.6 Å². The van der Waals surface area contributed by atoms with E-state index in [-0.39, 0.29) is 5.25 Å². The molecule has 0 fully saturated rings. The lowest BCUT2D eigenvalue weighted by molar-refractivity contribution is 0.571. The molecule has 148 valence electrons. The molecule has 0 amide bonds. The summed E-state index contributed by atoms with van der Waals surface area (Å²) < 4.78 is 2.20. The van der Waals surface area contributed by atoms with E-state index in [0.717, 1.165) is 60.0 Å². The van der Waals surface area contributed by atoms with Crippen molar-refractivity contribution in [2.75, 3.05) is 0 Å². The average molecular weight is 403 g/mol. The summed E-state index contributed by atoms with van der Waals surface area (Å²) in [4.78, 5) is 12.8. The third-order valence-electron chi connectivity index (χ3n) is 5.20. The van der Waals surface area contributed by atoms with Gasteiger partial charge in [0.25, 0.3) is 0 Å². The maximum Gasteiger partial charge on any atom is 0.120 e. The molecule has 4 rings (SSSR count). The van der Waals surface area contributed by atoms with Crippen LogP contribution >= 0.6 is 12.6 Å². The maximum atomic E-state index is 4.95. The van der Waals surface area contributed by atoms with Gasteiger partial charge in [-0.05, 0) is 19.8 Å². The lowest BCUT2D eigenvalue weighted by Crippen LogP contribution is -2.00. The normalized spacial score (nSPS) is 12.2. The number of hydrogen-bond acceptors (Lipinski definition) is 3. The van der Waals surface area contributed by atoms with Crippen molar-refractivity contribution in [2.24, 2.45) is 0 Å². The minimum Gasteiger partial charge on any atom is -0.341 e. The number of thiol groups is 1. The van der Waals surface area contributed by atoms with Gasteiger partial charge in [-0.25, -0.2) is 9.97 Å². The van der Waals surface area contributed by atoms with Gasteiger partial charge in [0.15, 0.2) is 0 Å². The molecule has 1 unspecified atom stereocenters. The Labute approximate surface area is 177 Å². The Bertz CT molecular complexity index is 980. The molecule has 1 N–H and O–H groups in total. The highest BCUT2D eigenvalue weighted by atomic mass is 32.1. The Hall–Kier alpha value is -2.79. The smallest absolute Gasteiger partial charge is 0.120 e. The molecule has 0 saturated heterocycles. The number of H-pyrrole nitrogens is 1. The molecule has 0 aliphatic carbocycles. The highest BCUT2D eigenvalue weighted by Crippen LogP contribution is 2.34. The number of nitrogens with one attached hydrogen (secondary N) is 1. The Morgan fingerprint density at radius 1 is 0.966 bits per heavy atom. The molecule has 2 heterocycles. The fourth-order valence-corrected chi connectivity index (χ4v) is 3.87. The van der Waals surface area contributed by atoms with Crippen LogP contribution in [0.5, 0.6) is 0 Å². The first-order valence-electron chi connectivity index (χ1n) is 10.1. The lowest BCUT2D eigenvalue weighted by atomic mass is 10.1. The fraction of sp³-hybridized carbons (Fsp3) is 0.250. The molecule has 0 aliphatic rings. The Balaban J connectivity index is 1.50. The van der Waals surface area contributed by atoms with E-state index in [0.29, 0.717) is 0 Å². The second-order valence-electron chi connectivity index (χ2n) is 7.26. The summed E-state index contributed by atoms with van der Waals surface area (Å²) in [5.74, 6) is 2.00. The van der Waals surface area contributed by atoms with Crippen molar-refractivity contribution in [3.63, 3.8) is 0 Å². The SMILES string of the molecule is Cc1nccn1CCCCC(S)c1nc(-c2ccccc2)c(-c2ccccc2)[nH]1. The molecule has 29 heavy (non-hydrogen) atoms. The molecule has 2 aromatic heterocycles. The van der Waals surface area contributed by atoms with Crippen molar-refractivity contribution in [3.8, 4) is 22.5 Å². The molecular formula is C24H26N4S. The third-order valence-corrected chi connectivity index (χ3v) is 5.70. The summed E-state index contributed by atoms with van der Waals surface area (Å²) in [6.07, 6.45) is 7.07. The molecular weight excluding hydrogens is 376 g/mol. The van der Waals surface area contributed by atoms with Crippen LogP contribution in [0, 0.1) is 6.92 Å². The van der Waals surface area contributed by atoms with Crippen LogP contribution in [-0.2, 0) is 6.54 Å². The van der Waals surface area contributed by atoms with Gasteiger partial charge in [0.05, 0.1) is 16.6 Å². The minimum atomic E-state index is 0.0822. The van der Waals surface area contributed by atoms with Crippen LogP contribution in [0.4, 0.5) is 0 Å². The summed E-state index contributed by atoms with van der Waals surface area (Å²) in [6, 6.07) is 20.7. The molecule has 0 saturated carbocycles. The molecule has 0 radical (unpaired) electrons. The van der Waals surface area contributed by atoms with Gasteiger partial charge >= 0.3 is 0 Å². The van der Waals surface area contributed by atoms with Crippen LogP contribution in [0.25, 0.3) is 22.5 Å². The van der Waals surface area contributed by atoms with E-state index in [2.05, 4.69) is 63.1 Å². The van der Waals surface area contributed by atoms with Crippen molar-refractivity contribution < 1.29 is 0 Å². The third kappa shape index (κ3) is 4.62. The van der Waals surface area contributed by atoms with Crippen LogP contribution < -0.4 is 0 Å². The zero-order chi connectivity index (χ0) is 20.1. The number of aromatic amines is 1. The van der Waals surface area contributed by atoms with Gasteiger partial charge in [0.1, 0.15) is 11.6 Å². The van der Waals surface area contributed by atoms with Crippen LogP contribution in [0.3, 0.4) is 0 Å². The number of rotatable bonds is 8. The molecule has 2 aromatic carbocycles. The van der Waals surface area contributed by atoms with Crippen molar-refractivity contribution in [1.82, 2.24) is 19.5 Å². The zero-order valence-corrected chi connectivity index (χ0v) is 17.5. The Morgan fingerprint density at radius 2 is 1.66 bits per heavy atom. The predicted molar refractivity (Wildman–Crippen MR) is 122 cm³/mol. The Morgan fingerprint density at radius 3 is 2.31 bits per heavy atom. The summed E-state index contributed by atoms with van der Waals surface area (Å²) >= 11 is 4.86. The highest BCUT2D eigenvalue weighted by Gasteiger charge is 2.18. The van der Waals surface area contributed by atoms with Crippen LogP contribution in [-0.4, -0.2) is 19.5 Å². The number of aryl methyl sites for hydroxylation is 2. The average Bonchev–Trinajstić information content (AvgIpc) is 3.39. The highest BCUT2D eigenvalue weighted by molar-refractivity contribution is 7.80. The number of aromatic nitrogens is 4. The number of unbranched alkanes of at least 4 members (excludes halogenated alkanes) is 1. The first-order valence-corrected chi connectivity index (χ1v) is 10.6. The summed E-state index contributed by atoms with van der Waals surface area (Å²) in [5, 5.41) is 0.0822.